The van der Waals surface area contributed by atoms with Crippen LogP contribution in [0.3, 0.4) is 0 Å². The van der Waals surface area contributed by atoms with E-state index in [-0.39, 0.29) is 18.1 Å². The van der Waals surface area contributed by atoms with E-state index in [9.17, 15) is 91.8 Å². The highest BCUT2D eigenvalue weighted by molar-refractivity contribution is 7.90. The van der Waals surface area contributed by atoms with E-state index >= 15 is 0 Å². The maximum atomic E-state index is 14.1. The van der Waals surface area contributed by atoms with Crippen LogP contribution in [0.15, 0.2) is 0 Å². The average molecular weight is 663 g/mol. The zero-order chi connectivity index (χ0) is 33.2. The monoisotopic (exact) mass is 663 g/mol. The zero-order valence-electron chi connectivity index (χ0n) is 19.9. The molecule has 0 unspecified atom stereocenters. The molecule has 0 fully saturated rings. The van der Waals surface area contributed by atoms with Crippen LogP contribution in [0, 0.1) is 0 Å². The molecular formula is C16H18F19N2O2S+. The van der Waals surface area contributed by atoms with Crippen molar-refractivity contribution >= 4 is 10.0 Å². The van der Waals surface area contributed by atoms with Gasteiger partial charge in [0.25, 0.3) is 10.0 Å². The zero-order valence-corrected chi connectivity index (χ0v) is 20.7. The lowest BCUT2D eigenvalue weighted by molar-refractivity contribution is -0.870. The van der Waals surface area contributed by atoms with E-state index in [4.69, 9.17) is 0 Å². The minimum atomic E-state index is -9.11. The second-order valence-corrected chi connectivity index (χ2v) is 11.3. The van der Waals surface area contributed by atoms with Crippen molar-refractivity contribution in [2.24, 2.45) is 0 Å². The van der Waals surface area contributed by atoms with Gasteiger partial charge >= 0.3 is 52.9 Å². The number of alkyl halides is 19. The Labute approximate surface area is 212 Å². The van der Waals surface area contributed by atoms with Gasteiger partial charge in [-0.1, -0.05) is 0 Å². The third-order valence-corrected chi connectivity index (χ3v) is 7.03. The molecule has 0 aromatic carbocycles. The number of sulfonamides is 1. The molecule has 0 aliphatic rings. The van der Waals surface area contributed by atoms with Crippen LogP contribution in [-0.4, -0.2) is 111 Å². The first-order valence-corrected chi connectivity index (χ1v) is 11.2. The molecule has 0 rings (SSSR count). The topological polar surface area (TPSA) is 37.4 Å². The maximum absolute atomic E-state index is 14.1. The van der Waals surface area contributed by atoms with E-state index in [2.05, 4.69) is 0 Å². The van der Waals surface area contributed by atoms with Crippen LogP contribution in [0.5, 0.6) is 0 Å². The summed E-state index contributed by atoms with van der Waals surface area (Å²) in [5.41, 5.74) is 0. The normalized spacial score (nSPS) is 16.6. The number of halogens is 19. The van der Waals surface area contributed by atoms with Gasteiger partial charge in [0.15, 0.2) is 0 Å². The summed E-state index contributed by atoms with van der Waals surface area (Å²) in [5.74, 6) is -61.7. The van der Waals surface area contributed by atoms with Crippen molar-refractivity contribution in [3.05, 3.63) is 0 Å². The SMILES string of the molecule is CN(CCC[N+](C)(C)C)S(=O)(=O)C(F)(F)C(F)(F)C(F)(F)C(F)(F)C(F)(F)C(F)(F)C(F)(F)C(F)(F)C(F)(F)F. The van der Waals surface area contributed by atoms with Gasteiger partial charge in [0.2, 0.25) is 0 Å². The van der Waals surface area contributed by atoms with Crippen LogP contribution in [0.4, 0.5) is 83.4 Å². The summed E-state index contributed by atoms with van der Waals surface area (Å²) in [5, 5.41) is -7.64. The molecule has 0 radical (unpaired) electrons. The number of rotatable bonds is 13. The molecule has 0 bridgehead atoms. The molecule has 0 saturated carbocycles. The average Bonchev–Trinajstić information content (AvgIpc) is 2.70. The van der Waals surface area contributed by atoms with Crippen molar-refractivity contribution in [3.63, 3.8) is 0 Å². The fourth-order valence-corrected chi connectivity index (χ4v) is 3.81. The quantitative estimate of drug-likeness (QED) is 0.181. The minimum absolute atomic E-state index is 0.0339. The number of hydrogen-bond donors (Lipinski definition) is 0. The Hall–Kier alpha value is -1.46. The lowest BCUT2D eigenvalue weighted by Gasteiger charge is -2.43. The molecule has 0 aliphatic carbocycles. The first-order valence-electron chi connectivity index (χ1n) is 9.73. The third-order valence-electron chi connectivity index (χ3n) is 5.12. The van der Waals surface area contributed by atoms with E-state index in [1.165, 1.54) is 21.1 Å². The van der Waals surface area contributed by atoms with Gasteiger partial charge in [-0.05, 0) is 0 Å². The molecule has 0 aliphatic heterocycles. The van der Waals surface area contributed by atoms with Crippen LogP contribution in [0.1, 0.15) is 6.42 Å². The molecule has 0 aromatic heterocycles. The number of quaternary nitrogens is 1. The molecule has 0 atom stereocenters. The molecule has 40 heavy (non-hydrogen) atoms. The van der Waals surface area contributed by atoms with Crippen LogP contribution in [0.2, 0.25) is 0 Å². The lowest BCUT2D eigenvalue weighted by atomic mass is 9.89. The van der Waals surface area contributed by atoms with E-state index in [0.29, 0.717) is 0 Å². The second kappa shape index (κ2) is 10.1. The van der Waals surface area contributed by atoms with Gasteiger partial charge in [-0.15, -0.1) is 0 Å². The Morgan fingerprint density at radius 1 is 0.525 bits per heavy atom. The largest absolute Gasteiger partial charge is 0.460 e. The van der Waals surface area contributed by atoms with E-state index in [1.54, 1.807) is 0 Å². The third kappa shape index (κ3) is 5.39. The Bertz CT molecular complexity index is 1010. The highest BCUT2D eigenvalue weighted by atomic mass is 32.2. The Kier molecular flexibility index (Phi) is 9.71. The van der Waals surface area contributed by atoms with Crippen molar-refractivity contribution in [2.75, 3.05) is 41.3 Å². The summed E-state index contributed by atoms with van der Waals surface area (Å²) >= 11 is 0. The molecule has 242 valence electrons. The molecule has 0 aromatic rings. The van der Waals surface area contributed by atoms with E-state index in [0.717, 1.165) is 0 Å². The maximum Gasteiger partial charge on any atom is 0.460 e. The van der Waals surface area contributed by atoms with Crippen molar-refractivity contribution in [1.82, 2.24) is 4.31 Å². The lowest BCUT2D eigenvalue weighted by Crippen LogP contribution is -2.76. The van der Waals surface area contributed by atoms with E-state index in [1.807, 2.05) is 0 Å². The Morgan fingerprint density at radius 2 is 0.800 bits per heavy atom. The highest BCUT2D eigenvalue weighted by Gasteiger charge is 2.97. The van der Waals surface area contributed by atoms with Gasteiger partial charge in [0.05, 0.1) is 27.7 Å². The standard InChI is InChI=1S/C16H18F19N2O2S/c1-36(6-5-7-37(2,3)4)40(38,39)16(34,35)14(29,30)12(25,26)10(21,22)8(17,18)9(19,20)11(23,24)13(27,28)15(31,32)33/h5-7H2,1-4H3/q+1. The predicted molar refractivity (Wildman–Crippen MR) is 94.7 cm³/mol. The molecule has 0 spiro atoms. The molecule has 4 nitrogen and oxygen atoms in total. The molecular weight excluding hydrogens is 645 g/mol. The van der Waals surface area contributed by atoms with Gasteiger partial charge in [-0.3, -0.25) is 0 Å². The van der Waals surface area contributed by atoms with Crippen molar-refractivity contribution in [2.45, 2.75) is 59.3 Å². The van der Waals surface area contributed by atoms with Gasteiger partial charge in [-0.2, -0.15) is 87.7 Å². The fraction of sp³-hybridized carbons (Fsp3) is 1.00. The summed E-state index contributed by atoms with van der Waals surface area (Å²) in [4.78, 5) is 0. The van der Waals surface area contributed by atoms with E-state index < -0.39 is 80.2 Å². The highest BCUT2D eigenvalue weighted by Crippen LogP contribution is 2.65. The Morgan fingerprint density at radius 3 is 1.07 bits per heavy atom. The van der Waals surface area contributed by atoms with Gasteiger partial charge in [-0.25, -0.2) is 8.42 Å². The first-order chi connectivity index (χ1) is 16.9. The molecule has 0 amide bonds. The smallest absolute Gasteiger partial charge is 0.331 e. The molecule has 0 heterocycles. The summed E-state index contributed by atoms with van der Waals surface area (Å²) in [6.07, 6.45) is -8.52. The molecule has 0 N–H and O–H groups in total. The van der Waals surface area contributed by atoms with Crippen molar-refractivity contribution in [3.8, 4) is 0 Å². The van der Waals surface area contributed by atoms with Crippen molar-refractivity contribution < 1.29 is 96.3 Å². The van der Waals surface area contributed by atoms with Gasteiger partial charge in [0, 0.05) is 20.0 Å². The predicted octanol–water partition coefficient (Wildman–Crippen LogP) is 5.95. The summed E-state index contributed by atoms with van der Waals surface area (Å²) in [7, 11) is -3.14. The Balaban J connectivity index is 6.89. The summed E-state index contributed by atoms with van der Waals surface area (Å²) in [6, 6.07) is 0. The van der Waals surface area contributed by atoms with Crippen LogP contribution in [-0.2, 0) is 10.0 Å². The second-order valence-electron chi connectivity index (χ2n) is 9.23. The summed E-state index contributed by atoms with van der Waals surface area (Å²) < 4.78 is 277. The summed E-state index contributed by atoms with van der Waals surface area (Å²) in [6.45, 7) is -1.42. The minimum Gasteiger partial charge on any atom is -0.331 e. The number of nitrogens with zero attached hydrogens (tertiary/aromatic N) is 2. The van der Waals surface area contributed by atoms with Crippen LogP contribution in [0.25, 0.3) is 0 Å². The molecule has 24 heteroatoms. The van der Waals surface area contributed by atoms with Gasteiger partial charge < -0.3 is 4.48 Å². The van der Waals surface area contributed by atoms with Crippen molar-refractivity contribution in [1.29, 1.82) is 0 Å². The van der Waals surface area contributed by atoms with Crippen LogP contribution < -0.4 is 0 Å². The fourth-order valence-electron chi connectivity index (χ4n) is 2.59. The molecule has 0 saturated heterocycles. The van der Waals surface area contributed by atoms with Crippen LogP contribution >= 0.6 is 0 Å². The number of hydrogen-bond acceptors (Lipinski definition) is 2. The van der Waals surface area contributed by atoms with Gasteiger partial charge in [0.1, 0.15) is 0 Å². The first kappa shape index (κ1) is 38.5.